The number of carbonyl (C=O) groups is 2. The second-order valence-electron chi connectivity index (χ2n) is 6.31. The second kappa shape index (κ2) is 6.86. The average molecular weight is 326 g/mol. The molecule has 2 heterocycles. The van der Waals surface area contributed by atoms with E-state index in [9.17, 15) is 9.59 Å². The quantitative estimate of drug-likeness (QED) is 0.939. The fourth-order valence-electron chi connectivity index (χ4n) is 2.69. The van der Waals surface area contributed by atoms with Gasteiger partial charge >= 0.3 is 0 Å². The van der Waals surface area contributed by atoms with Gasteiger partial charge in [0, 0.05) is 25.1 Å². The van der Waals surface area contributed by atoms with Crippen molar-refractivity contribution in [3.63, 3.8) is 0 Å². The highest BCUT2D eigenvalue weighted by atomic mass is 16.2. The summed E-state index contributed by atoms with van der Waals surface area (Å²) in [6.45, 7) is 5.19. The molecule has 0 saturated carbocycles. The van der Waals surface area contributed by atoms with Crippen molar-refractivity contribution in [2.45, 2.75) is 26.7 Å². The zero-order chi connectivity index (χ0) is 17.1. The Morgan fingerprint density at radius 3 is 2.42 bits per heavy atom. The maximum absolute atomic E-state index is 12.6. The number of benzene rings is 1. The van der Waals surface area contributed by atoms with Gasteiger partial charge in [0.25, 0.3) is 5.91 Å². The summed E-state index contributed by atoms with van der Waals surface area (Å²) >= 11 is 0. The Kier molecular flexibility index (Phi) is 4.64. The molecule has 0 unspecified atom stereocenters. The number of likely N-dealkylation sites (tertiary alicyclic amines) is 1. The van der Waals surface area contributed by atoms with E-state index in [0.717, 1.165) is 31.6 Å². The molecule has 1 aromatic carbocycles. The summed E-state index contributed by atoms with van der Waals surface area (Å²) in [6.07, 6.45) is 2.06. The molecule has 2 amide bonds. The summed E-state index contributed by atoms with van der Waals surface area (Å²) in [5, 5.41) is 7.31. The third-order valence-electron chi connectivity index (χ3n) is 4.10. The SMILES string of the molecule is CC(C)C(=O)Nc1cc(C(=O)N2CCCC2)nn1-c1ccccc1. The van der Waals surface area contributed by atoms with Crippen molar-refractivity contribution in [2.75, 3.05) is 18.4 Å². The molecule has 1 N–H and O–H groups in total. The standard InChI is InChI=1S/C18H22N4O2/c1-13(2)17(23)19-16-12-15(18(24)21-10-6-7-11-21)20-22(16)14-8-4-3-5-9-14/h3-5,8-9,12-13H,6-7,10-11H2,1-2H3,(H,19,23). The van der Waals surface area contributed by atoms with Gasteiger partial charge in [-0.2, -0.15) is 5.10 Å². The van der Waals surface area contributed by atoms with Crippen LogP contribution in [0.1, 0.15) is 37.2 Å². The van der Waals surface area contributed by atoms with Gasteiger partial charge in [0.1, 0.15) is 5.82 Å². The number of anilines is 1. The van der Waals surface area contributed by atoms with E-state index in [4.69, 9.17) is 0 Å². The summed E-state index contributed by atoms with van der Waals surface area (Å²) < 4.78 is 1.61. The van der Waals surface area contributed by atoms with E-state index in [1.54, 1.807) is 10.7 Å². The van der Waals surface area contributed by atoms with Gasteiger partial charge in [0.15, 0.2) is 5.69 Å². The number of nitrogens with one attached hydrogen (secondary N) is 1. The largest absolute Gasteiger partial charge is 0.337 e. The van der Waals surface area contributed by atoms with Crippen molar-refractivity contribution in [3.8, 4) is 5.69 Å². The minimum Gasteiger partial charge on any atom is -0.337 e. The average Bonchev–Trinajstić information content (AvgIpc) is 3.25. The lowest BCUT2D eigenvalue weighted by Gasteiger charge is -2.12. The van der Waals surface area contributed by atoms with Crippen molar-refractivity contribution < 1.29 is 9.59 Å². The van der Waals surface area contributed by atoms with Crippen LogP contribution in [0.4, 0.5) is 5.82 Å². The van der Waals surface area contributed by atoms with Crippen LogP contribution < -0.4 is 5.32 Å². The van der Waals surface area contributed by atoms with Crippen LogP contribution in [0, 0.1) is 5.92 Å². The lowest BCUT2D eigenvalue weighted by atomic mass is 10.2. The number of aromatic nitrogens is 2. The highest BCUT2D eigenvalue weighted by Gasteiger charge is 2.24. The van der Waals surface area contributed by atoms with E-state index < -0.39 is 0 Å². The van der Waals surface area contributed by atoms with Crippen molar-refractivity contribution in [3.05, 3.63) is 42.1 Å². The highest BCUT2D eigenvalue weighted by Crippen LogP contribution is 2.20. The zero-order valence-electron chi connectivity index (χ0n) is 14.0. The Morgan fingerprint density at radius 1 is 1.12 bits per heavy atom. The Balaban J connectivity index is 1.95. The Morgan fingerprint density at radius 2 is 1.79 bits per heavy atom. The molecular weight excluding hydrogens is 304 g/mol. The molecule has 0 radical (unpaired) electrons. The summed E-state index contributed by atoms with van der Waals surface area (Å²) in [4.78, 5) is 26.5. The maximum Gasteiger partial charge on any atom is 0.274 e. The van der Waals surface area contributed by atoms with E-state index in [2.05, 4.69) is 10.4 Å². The topological polar surface area (TPSA) is 67.2 Å². The number of nitrogens with zero attached hydrogens (tertiary/aromatic N) is 3. The minimum atomic E-state index is -0.151. The highest BCUT2D eigenvalue weighted by molar-refractivity contribution is 5.96. The second-order valence-corrected chi connectivity index (χ2v) is 6.31. The molecule has 6 heteroatoms. The van der Waals surface area contributed by atoms with Gasteiger partial charge in [-0.3, -0.25) is 9.59 Å². The van der Waals surface area contributed by atoms with E-state index in [1.807, 2.05) is 49.1 Å². The number of para-hydroxylation sites is 1. The van der Waals surface area contributed by atoms with Crippen LogP contribution >= 0.6 is 0 Å². The molecule has 1 aliphatic heterocycles. The predicted octanol–water partition coefficient (Wildman–Crippen LogP) is 2.70. The molecule has 3 rings (SSSR count). The third-order valence-corrected chi connectivity index (χ3v) is 4.10. The van der Waals surface area contributed by atoms with Crippen LogP contribution in [0.5, 0.6) is 0 Å². The van der Waals surface area contributed by atoms with Gasteiger partial charge in [-0.05, 0) is 25.0 Å². The van der Waals surface area contributed by atoms with Gasteiger partial charge in [-0.1, -0.05) is 32.0 Å². The minimum absolute atomic E-state index is 0.0813. The third kappa shape index (κ3) is 3.32. The molecule has 0 aliphatic carbocycles. The number of rotatable bonds is 4. The first-order valence-electron chi connectivity index (χ1n) is 8.32. The van der Waals surface area contributed by atoms with Gasteiger partial charge < -0.3 is 10.2 Å². The van der Waals surface area contributed by atoms with Crippen molar-refractivity contribution >= 4 is 17.6 Å². The Bertz CT molecular complexity index is 731. The summed E-state index contributed by atoms with van der Waals surface area (Å²) in [6, 6.07) is 11.1. The normalized spacial score (nSPS) is 14.2. The zero-order valence-corrected chi connectivity index (χ0v) is 14.0. The molecule has 1 aliphatic rings. The van der Waals surface area contributed by atoms with Gasteiger partial charge in [-0.15, -0.1) is 0 Å². The lowest BCUT2D eigenvalue weighted by Crippen LogP contribution is -2.28. The number of amides is 2. The molecule has 6 nitrogen and oxygen atoms in total. The molecule has 1 fully saturated rings. The monoisotopic (exact) mass is 326 g/mol. The van der Waals surface area contributed by atoms with Crippen LogP contribution in [0.15, 0.2) is 36.4 Å². The fourth-order valence-corrected chi connectivity index (χ4v) is 2.69. The molecule has 0 bridgehead atoms. The summed E-state index contributed by atoms with van der Waals surface area (Å²) in [5.74, 6) is 0.179. The van der Waals surface area contributed by atoms with Gasteiger partial charge in [0.05, 0.1) is 5.69 Å². The molecule has 126 valence electrons. The van der Waals surface area contributed by atoms with Crippen molar-refractivity contribution in [1.29, 1.82) is 0 Å². The van der Waals surface area contributed by atoms with E-state index in [-0.39, 0.29) is 17.7 Å². The molecule has 1 aromatic heterocycles. The molecule has 2 aromatic rings. The molecule has 24 heavy (non-hydrogen) atoms. The van der Waals surface area contributed by atoms with E-state index in [0.29, 0.717) is 11.5 Å². The Labute approximate surface area is 141 Å². The van der Waals surface area contributed by atoms with Crippen molar-refractivity contribution in [2.24, 2.45) is 5.92 Å². The van der Waals surface area contributed by atoms with Crippen molar-refractivity contribution in [1.82, 2.24) is 14.7 Å². The van der Waals surface area contributed by atoms with Crippen LogP contribution in [-0.4, -0.2) is 39.6 Å². The van der Waals surface area contributed by atoms with Crippen LogP contribution in [0.3, 0.4) is 0 Å². The molecule has 0 atom stereocenters. The first-order chi connectivity index (χ1) is 11.6. The van der Waals surface area contributed by atoms with E-state index in [1.165, 1.54) is 0 Å². The van der Waals surface area contributed by atoms with Crippen LogP contribution in [0.25, 0.3) is 5.69 Å². The fraction of sp³-hybridized carbons (Fsp3) is 0.389. The predicted molar refractivity (Wildman–Crippen MR) is 92.2 cm³/mol. The summed E-state index contributed by atoms with van der Waals surface area (Å²) in [7, 11) is 0. The smallest absolute Gasteiger partial charge is 0.274 e. The number of hydrogen-bond acceptors (Lipinski definition) is 3. The molecule has 0 spiro atoms. The summed E-state index contributed by atoms with van der Waals surface area (Å²) in [5.41, 5.74) is 1.16. The Hall–Kier alpha value is -2.63. The molecule has 1 saturated heterocycles. The van der Waals surface area contributed by atoms with Crippen LogP contribution in [0.2, 0.25) is 0 Å². The number of hydrogen-bond donors (Lipinski definition) is 1. The van der Waals surface area contributed by atoms with Gasteiger partial charge in [-0.25, -0.2) is 4.68 Å². The first-order valence-corrected chi connectivity index (χ1v) is 8.32. The van der Waals surface area contributed by atoms with Gasteiger partial charge in [0.2, 0.25) is 5.91 Å². The number of carbonyl (C=O) groups excluding carboxylic acids is 2. The maximum atomic E-state index is 12.6. The lowest BCUT2D eigenvalue weighted by molar-refractivity contribution is -0.118. The first kappa shape index (κ1) is 16.2. The van der Waals surface area contributed by atoms with Crippen LogP contribution in [-0.2, 0) is 4.79 Å². The molecular formula is C18H22N4O2. The van der Waals surface area contributed by atoms with E-state index >= 15 is 0 Å².